The number of carbonyl (C=O) groups excluding carboxylic acids is 1. The van der Waals surface area contributed by atoms with E-state index in [1.807, 2.05) is 31.7 Å². The van der Waals surface area contributed by atoms with E-state index in [1.165, 1.54) is 5.57 Å². The van der Waals surface area contributed by atoms with E-state index in [0.717, 1.165) is 28.9 Å². The zero-order valence-corrected chi connectivity index (χ0v) is 16.8. The number of ether oxygens (including phenoxy) is 2. The Hall–Kier alpha value is -2.94. The molecule has 5 rings (SSSR count). The van der Waals surface area contributed by atoms with E-state index in [-0.39, 0.29) is 13.2 Å². The lowest BCUT2D eigenvalue weighted by Crippen LogP contribution is -2.50. The molecule has 4 heterocycles. The Labute approximate surface area is 173 Å². The average molecular weight is 413 g/mol. The van der Waals surface area contributed by atoms with E-state index in [1.54, 1.807) is 9.58 Å². The number of anilines is 1. The normalized spacial score (nSPS) is 23.5. The molecule has 0 radical (unpaired) electrons. The van der Waals surface area contributed by atoms with Gasteiger partial charge in [0.25, 0.3) is 0 Å². The van der Waals surface area contributed by atoms with Gasteiger partial charge in [0.1, 0.15) is 0 Å². The molecule has 0 N–H and O–H groups in total. The molecule has 0 aromatic carbocycles. The van der Waals surface area contributed by atoms with E-state index in [4.69, 9.17) is 9.47 Å². The van der Waals surface area contributed by atoms with Crippen molar-refractivity contribution in [2.24, 2.45) is 7.05 Å². The number of fused-ring (bicyclic) bond motifs is 1. The molecule has 2 aromatic heterocycles. The number of allylic oxidation sites excluding steroid dienone is 1. The fourth-order valence-electron chi connectivity index (χ4n) is 4.21. The summed E-state index contributed by atoms with van der Waals surface area (Å²) in [4.78, 5) is 20.8. The lowest BCUT2D eigenvalue weighted by atomic mass is 10.1. The number of pyridine rings is 1. The second-order valence-electron chi connectivity index (χ2n) is 7.89. The molecule has 2 aliphatic heterocycles. The Morgan fingerprint density at radius 1 is 1.27 bits per heavy atom. The largest absolute Gasteiger partial charge is 0.440 e. The minimum Gasteiger partial charge on any atom is -0.440 e. The number of hydrogen-bond donors (Lipinski definition) is 0. The van der Waals surface area contributed by atoms with Crippen molar-refractivity contribution in [2.75, 3.05) is 44.3 Å². The smallest absolute Gasteiger partial charge is 0.410 e. The van der Waals surface area contributed by atoms with Gasteiger partial charge in [-0.2, -0.15) is 5.10 Å². The van der Waals surface area contributed by atoms with Crippen LogP contribution in [0.25, 0.3) is 11.6 Å². The van der Waals surface area contributed by atoms with Gasteiger partial charge in [0.15, 0.2) is 12.3 Å². The molecule has 0 bridgehead atoms. The van der Waals surface area contributed by atoms with Crippen LogP contribution >= 0.6 is 0 Å². The van der Waals surface area contributed by atoms with Gasteiger partial charge in [-0.25, -0.2) is 9.18 Å². The SMILES string of the molecule is Cn1cc(C2=Cc3c(N4CCN(C(=O)O[C@H]5COC[C@@H]5F)CC4)ccnc3C2)cn1. The highest BCUT2D eigenvalue weighted by molar-refractivity contribution is 5.91. The lowest BCUT2D eigenvalue weighted by molar-refractivity contribution is 0.0360. The van der Waals surface area contributed by atoms with Crippen molar-refractivity contribution in [1.29, 1.82) is 0 Å². The molecule has 2 atom stereocenters. The fraction of sp³-hybridized carbons (Fsp3) is 0.476. The zero-order valence-electron chi connectivity index (χ0n) is 16.8. The predicted molar refractivity (Wildman–Crippen MR) is 109 cm³/mol. The molecule has 1 amide bonds. The van der Waals surface area contributed by atoms with Crippen molar-refractivity contribution in [1.82, 2.24) is 19.7 Å². The van der Waals surface area contributed by atoms with E-state index in [0.29, 0.717) is 26.2 Å². The molecule has 3 aliphatic rings. The Balaban J connectivity index is 1.26. The number of piperazine rings is 1. The standard InChI is InChI=1S/C21H24FN5O3/c1-25-11-15(10-24-25)14-8-16-18(9-14)23-3-2-19(16)26-4-6-27(7-5-26)21(28)30-20-13-29-12-17(20)22/h2-3,8,10-11,17,20H,4-7,9,12-13H2,1H3/t17-,20-/m0/s1. The summed E-state index contributed by atoms with van der Waals surface area (Å²) < 4.78 is 25.7. The third-order valence-electron chi connectivity index (χ3n) is 5.90. The van der Waals surface area contributed by atoms with Crippen LogP contribution in [0, 0.1) is 0 Å². The van der Waals surface area contributed by atoms with Gasteiger partial charge in [0.05, 0.1) is 25.1 Å². The summed E-state index contributed by atoms with van der Waals surface area (Å²) in [6.45, 7) is 2.54. The molecule has 1 aliphatic carbocycles. The summed E-state index contributed by atoms with van der Waals surface area (Å²) in [5.41, 5.74) is 5.63. The molecule has 0 saturated carbocycles. The van der Waals surface area contributed by atoms with Gasteiger partial charge in [-0.15, -0.1) is 0 Å². The number of aryl methyl sites for hydroxylation is 1. The van der Waals surface area contributed by atoms with Crippen molar-refractivity contribution in [3.8, 4) is 0 Å². The van der Waals surface area contributed by atoms with Crippen LogP contribution in [-0.2, 0) is 22.9 Å². The minimum atomic E-state index is -1.24. The molecular formula is C21H24FN5O3. The first-order valence-corrected chi connectivity index (χ1v) is 10.2. The maximum atomic E-state index is 13.6. The van der Waals surface area contributed by atoms with E-state index >= 15 is 0 Å². The Morgan fingerprint density at radius 3 is 2.80 bits per heavy atom. The first kappa shape index (κ1) is 19.0. The highest BCUT2D eigenvalue weighted by Crippen LogP contribution is 2.36. The topological polar surface area (TPSA) is 72.7 Å². The molecule has 2 aromatic rings. The molecule has 9 heteroatoms. The van der Waals surface area contributed by atoms with Crippen molar-refractivity contribution in [3.05, 3.63) is 41.5 Å². The van der Waals surface area contributed by atoms with Crippen LogP contribution in [0.3, 0.4) is 0 Å². The Bertz CT molecular complexity index is 983. The average Bonchev–Trinajstić information content (AvgIpc) is 3.48. The van der Waals surface area contributed by atoms with Crippen LogP contribution in [0.15, 0.2) is 24.7 Å². The van der Waals surface area contributed by atoms with Gasteiger partial charge in [0.2, 0.25) is 0 Å². The molecule has 8 nitrogen and oxygen atoms in total. The molecule has 0 unspecified atom stereocenters. The highest BCUT2D eigenvalue weighted by Gasteiger charge is 2.34. The first-order chi connectivity index (χ1) is 14.6. The molecule has 0 spiro atoms. The Morgan fingerprint density at radius 2 is 2.10 bits per heavy atom. The number of rotatable bonds is 3. The quantitative estimate of drug-likeness (QED) is 0.766. The van der Waals surface area contributed by atoms with Gasteiger partial charge in [-0.3, -0.25) is 9.67 Å². The van der Waals surface area contributed by atoms with Crippen LogP contribution in [-0.4, -0.2) is 77.4 Å². The number of amides is 1. The number of nitrogens with zero attached hydrogens (tertiary/aromatic N) is 5. The molecule has 30 heavy (non-hydrogen) atoms. The second kappa shape index (κ2) is 7.71. The van der Waals surface area contributed by atoms with Crippen molar-refractivity contribution < 1.29 is 18.7 Å². The van der Waals surface area contributed by atoms with Crippen LogP contribution < -0.4 is 4.90 Å². The summed E-state index contributed by atoms with van der Waals surface area (Å²) in [5.74, 6) is 0. The monoisotopic (exact) mass is 413 g/mol. The first-order valence-electron chi connectivity index (χ1n) is 10.2. The van der Waals surface area contributed by atoms with Gasteiger partial charge in [-0.1, -0.05) is 0 Å². The number of carbonyl (C=O) groups is 1. The van der Waals surface area contributed by atoms with E-state index in [9.17, 15) is 9.18 Å². The highest BCUT2D eigenvalue weighted by atomic mass is 19.1. The number of halogens is 1. The van der Waals surface area contributed by atoms with Crippen molar-refractivity contribution >= 4 is 23.4 Å². The summed E-state index contributed by atoms with van der Waals surface area (Å²) in [6.07, 6.45) is 6.21. The molecular weight excluding hydrogens is 389 g/mol. The summed E-state index contributed by atoms with van der Waals surface area (Å²) in [7, 11) is 1.91. The number of hydrogen-bond acceptors (Lipinski definition) is 6. The second-order valence-corrected chi connectivity index (χ2v) is 7.89. The van der Waals surface area contributed by atoms with Crippen LogP contribution in [0.1, 0.15) is 16.8 Å². The summed E-state index contributed by atoms with van der Waals surface area (Å²) >= 11 is 0. The Kier molecular flexibility index (Phi) is 4.90. The number of alkyl halides is 1. The summed E-state index contributed by atoms with van der Waals surface area (Å²) in [5, 5.41) is 4.27. The van der Waals surface area contributed by atoms with Gasteiger partial charge >= 0.3 is 6.09 Å². The molecule has 2 fully saturated rings. The third-order valence-corrected chi connectivity index (χ3v) is 5.90. The van der Waals surface area contributed by atoms with Gasteiger partial charge in [-0.05, 0) is 17.7 Å². The van der Waals surface area contributed by atoms with Crippen molar-refractivity contribution in [2.45, 2.75) is 18.7 Å². The van der Waals surface area contributed by atoms with Crippen LogP contribution in [0.4, 0.5) is 14.9 Å². The molecule has 158 valence electrons. The van der Waals surface area contributed by atoms with Crippen LogP contribution in [0.5, 0.6) is 0 Å². The predicted octanol–water partition coefficient (Wildman–Crippen LogP) is 1.91. The van der Waals surface area contributed by atoms with E-state index in [2.05, 4.69) is 21.1 Å². The molecule has 2 saturated heterocycles. The zero-order chi connectivity index (χ0) is 20.7. The van der Waals surface area contributed by atoms with Crippen LogP contribution in [0.2, 0.25) is 0 Å². The lowest BCUT2D eigenvalue weighted by Gasteiger charge is -2.36. The van der Waals surface area contributed by atoms with Gasteiger partial charge < -0.3 is 19.3 Å². The van der Waals surface area contributed by atoms with Crippen molar-refractivity contribution in [3.63, 3.8) is 0 Å². The number of aromatic nitrogens is 3. The minimum absolute atomic E-state index is 0.00652. The maximum Gasteiger partial charge on any atom is 0.410 e. The third kappa shape index (κ3) is 3.54. The fourth-order valence-corrected chi connectivity index (χ4v) is 4.21. The maximum absolute atomic E-state index is 13.6. The van der Waals surface area contributed by atoms with E-state index < -0.39 is 18.4 Å². The van der Waals surface area contributed by atoms with Gasteiger partial charge in [0, 0.05) is 68.9 Å². The summed E-state index contributed by atoms with van der Waals surface area (Å²) in [6, 6.07) is 2.03.